The first-order chi connectivity index (χ1) is 14.2. The van der Waals surface area contributed by atoms with Crippen molar-refractivity contribution in [2.75, 3.05) is 26.7 Å². The number of nitrogens with one attached hydrogen (secondary N) is 1. The van der Waals surface area contributed by atoms with Gasteiger partial charge in [-0.15, -0.1) is 0 Å². The molecule has 1 saturated heterocycles. The maximum atomic E-state index is 6.04. The molecule has 0 amide bonds. The number of hydrogen-bond acceptors (Lipinski definition) is 4. The first-order valence-electron chi connectivity index (χ1n) is 9.81. The van der Waals surface area contributed by atoms with E-state index >= 15 is 0 Å². The molecule has 1 N–H and O–H groups in total. The Morgan fingerprint density at radius 1 is 1.21 bits per heavy atom. The average Bonchev–Trinajstić information content (AvgIpc) is 3.30. The zero-order valence-electron chi connectivity index (χ0n) is 16.8. The number of aromatic nitrogens is 3. The Balaban J connectivity index is 1.38. The number of morpholine rings is 1. The lowest BCUT2D eigenvalue weighted by Crippen LogP contribution is -2.48. The van der Waals surface area contributed by atoms with Crippen LogP contribution in [0.3, 0.4) is 0 Å². The van der Waals surface area contributed by atoms with Gasteiger partial charge in [-0.25, -0.2) is 9.67 Å². The largest absolute Gasteiger partial charge is 0.370 e. The first kappa shape index (κ1) is 19.1. The highest BCUT2D eigenvalue weighted by atomic mass is 16.5. The average molecular weight is 390 g/mol. The number of aliphatic imine (C=N–C) groups is 1. The third-order valence-corrected chi connectivity index (χ3v) is 5.18. The minimum absolute atomic E-state index is 0.0606. The normalized spacial score (nSPS) is 17.4. The fourth-order valence-electron chi connectivity index (χ4n) is 3.60. The van der Waals surface area contributed by atoms with Gasteiger partial charge in [-0.05, 0) is 35.7 Å². The molecule has 0 saturated carbocycles. The highest BCUT2D eigenvalue weighted by Crippen LogP contribution is 2.25. The van der Waals surface area contributed by atoms with Gasteiger partial charge in [0.2, 0.25) is 0 Å². The molecule has 3 aromatic rings. The molecule has 1 aromatic heterocycles. The summed E-state index contributed by atoms with van der Waals surface area (Å²) in [4.78, 5) is 10.7. The minimum Gasteiger partial charge on any atom is -0.370 e. The molecule has 4 rings (SSSR count). The van der Waals surface area contributed by atoms with E-state index in [2.05, 4.69) is 68.6 Å². The summed E-state index contributed by atoms with van der Waals surface area (Å²) in [6.07, 6.45) is 3.29. The molecule has 2 heterocycles. The molecule has 1 fully saturated rings. The Bertz CT molecular complexity index is 952. The van der Waals surface area contributed by atoms with Gasteiger partial charge in [0.25, 0.3) is 0 Å². The zero-order chi connectivity index (χ0) is 20.1. The Morgan fingerprint density at radius 2 is 2.03 bits per heavy atom. The first-order valence-corrected chi connectivity index (χ1v) is 9.81. The van der Waals surface area contributed by atoms with Crippen molar-refractivity contribution in [3.05, 3.63) is 77.9 Å². The van der Waals surface area contributed by atoms with Crippen LogP contribution in [0.2, 0.25) is 0 Å². The van der Waals surface area contributed by atoms with E-state index in [9.17, 15) is 0 Å². The van der Waals surface area contributed by atoms with Crippen molar-refractivity contribution in [1.29, 1.82) is 0 Å². The summed E-state index contributed by atoms with van der Waals surface area (Å²) in [7, 11) is 1.83. The van der Waals surface area contributed by atoms with Crippen LogP contribution in [0.5, 0.6) is 0 Å². The standard InChI is InChI=1S/C22H26N6O/c1-17-5-3-4-6-20(17)21-14-27(11-12-29-21)22(23-2)25-13-18-7-9-19(10-8-18)28-16-24-15-26-28/h3-10,15-16,21H,11-14H2,1-2H3,(H,23,25). The smallest absolute Gasteiger partial charge is 0.194 e. The van der Waals surface area contributed by atoms with Crippen LogP contribution in [-0.4, -0.2) is 52.4 Å². The molecule has 7 heteroatoms. The van der Waals surface area contributed by atoms with Crippen molar-refractivity contribution in [2.45, 2.75) is 19.6 Å². The number of benzene rings is 2. The maximum Gasteiger partial charge on any atom is 0.194 e. The molecule has 0 bridgehead atoms. The number of ether oxygens (including phenoxy) is 1. The second kappa shape index (κ2) is 8.87. The summed E-state index contributed by atoms with van der Waals surface area (Å²) in [5, 5.41) is 7.64. The summed E-state index contributed by atoms with van der Waals surface area (Å²) in [5.74, 6) is 0.896. The van der Waals surface area contributed by atoms with Crippen molar-refractivity contribution in [2.24, 2.45) is 4.99 Å². The molecule has 7 nitrogen and oxygen atoms in total. The molecular formula is C22H26N6O. The molecule has 0 aliphatic carbocycles. The third kappa shape index (κ3) is 4.46. The number of hydrogen-bond donors (Lipinski definition) is 1. The van der Waals surface area contributed by atoms with Gasteiger partial charge in [-0.3, -0.25) is 4.99 Å². The van der Waals surface area contributed by atoms with Crippen molar-refractivity contribution < 1.29 is 4.74 Å². The van der Waals surface area contributed by atoms with E-state index in [-0.39, 0.29) is 6.10 Å². The zero-order valence-corrected chi connectivity index (χ0v) is 16.8. The molecule has 29 heavy (non-hydrogen) atoms. The molecule has 1 unspecified atom stereocenters. The Labute approximate surface area is 171 Å². The maximum absolute atomic E-state index is 6.04. The van der Waals surface area contributed by atoms with E-state index in [1.807, 2.05) is 19.2 Å². The molecule has 2 aromatic carbocycles. The van der Waals surface area contributed by atoms with Crippen LogP contribution in [-0.2, 0) is 11.3 Å². The summed E-state index contributed by atoms with van der Waals surface area (Å²) in [6, 6.07) is 16.7. The van der Waals surface area contributed by atoms with Crippen LogP contribution in [0.4, 0.5) is 0 Å². The second-order valence-electron chi connectivity index (χ2n) is 7.07. The Hall–Kier alpha value is -3.19. The Morgan fingerprint density at radius 3 is 2.76 bits per heavy atom. The van der Waals surface area contributed by atoms with Gasteiger partial charge >= 0.3 is 0 Å². The molecule has 150 valence electrons. The van der Waals surface area contributed by atoms with E-state index in [4.69, 9.17) is 4.74 Å². The van der Waals surface area contributed by atoms with Crippen LogP contribution in [0.15, 0.2) is 66.2 Å². The summed E-state index contributed by atoms with van der Waals surface area (Å²) < 4.78 is 7.79. The minimum atomic E-state index is 0.0606. The van der Waals surface area contributed by atoms with Crippen LogP contribution in [0, 0.1) is 6.92 Å². The van der Waals surface area contributed by atoms with E-state index in [1.165, 1.54) is 23.0 Å². The van der Waals surface area contributed by atoms with E-state index < -0.39 is 0 Å². The molecule has 1 aliphatic heterocycles. The molecular weight excluding hydrogens is 364 g/mol. The van der Waals surface area contributed by atoms with E-state index in [1.54, 1.807) is 11.0 Å². The summed E-state index contributed by atoms with van der Waals surface area (Å²) in [6.45, 7) is 5.14. The van der Waals surface area contributed by atoms with Crippen molar-refractivity contribution >= 4 is 5.96 Å². The van der Waals surface area contributed by atoms with Crippen LogP contribution >= 0.6 is 0 Å². The van der Waals surface area contributed by atoms with Gasteiger partial charge in [0.15, 0.2) is 5.96 Å². The van der Waals surface area contributed by atoms with Gasteiger partial charge in [0.05, 0.1) is 18.8 Å². The molecule has 1 aliphatic rings. The third-order valence-electron chi connectivity index (χ3n) is 5.18. The van der Waals surface area contributed by atoms with Crippen molar-refractivity contribution in [1.82, 2.24) is 25.0 Å². The van der Waals surface area contributed by atoms with Gasteiger partial charge in [0, 0.05) is 20.1 Å². The fraction of sp³-hybridized carbons (Fsp3) is 0.318. The van der Waals surface area contributed by atoms with Crippen LogP contribution in [0.1, 0.15) is 22.8 Å². The number of nitrogens with zero attached hydrogens (tertiary/aromatic N) is 5. The topological polar surface area (TPSA) is 67.6 Å². The lowest BCUT2D eigenvalue weighted by Gasteiger charge is -2.35. The number of rotatable bonds is 4. The highest BCUT2D eigenvalue weighted by molar-refractivity contribution is 5.80. The molecule has 0 radical (unpaired) electrons. The van der Waals surface area contributed by atoms with E-state index in [0.29, 0.717) is 13.2 Å². The number of aryl methyl sites for hydroxylation is 1. The quantitative estimate of drug-likeness (QED) is 0.548. The fourth-order valence-corrected chi connectivity index (χ4v) is 3.60. The van der Waals surface area contributed by atoms with Gasteiger partial charge in [-0.2, -0.15) is 5.10 Å². The van der Waals surface area contributed by atoms with Crippen molar-refractivity contribution in [3.63, 3.8) is 0 Å². The Kier molecular flexibility index (Phi) is 5.86. The summed E-state index contributed by atoms with van der Waals surface area (Å²) in [5.41, 5.74) is 4.68. The predicted molar refractivity (Wildman–Crippen MR) is 113 cm³/mol. The lowest BCUT2D eigenvalue weighted by atomic mass is 10.0. The van der Waals surface area contributed by atoms with Crippen LogP contribution in [0.25, 0.3) is 5.69 Å². The van der Waals surface area contributed by atoms with Gasteiger partial charge in [0.1, 0.15) is 18.8 Å². The number of guanidine groups is 1. The summed E-state index contributed by atoms with van der Waals surface area (Å²) >= 11 is 0. The lowest BCUT2D eigenvalue weighted by molar-refractivity contribution is -0.00833. The SMILES string of the molecule is CN=C(NCc1ccc(-n2cncn2)cc1)N1CCOC(c2ccccc2C)C1. The van der Waals surface area contributed by atoms with Crippen molar-refractivity contribution in [3.8, 4) is 5.69 Å². The van der Waals surface area contributed by atoms with Gasteiger partial charge < -0.3 is 15.0 Å². The molecule has 0 spiro atoms. The molecule has 1 atom stereocenters. The van der Waals surface area contributed by atoms with Gasteiger partial charge in [-0.1, -0.05) is 36.4 Å². The monoisotopic (exact) mass is 390 g/mol. The predicted octanol–water partition coefficient (Wildman–Crippen LogP) is 2.72. The van der Waals surface area contributed by atoms with E-state index in [0.717, 1.165) is 24.7 Å². The van der Waals surface area contributed by atoms with Crippen LogP contribution < -0.4 is 5.32 Å². The second-order valence-corrected chi connectivity index (χ2v) is 7.07. The highest BCUT2D eigenvalue weighted by Gasteiger charge is 2.25.